The highest BCUT2D eigenvalue weighted by atomic mass is 28.4. The third-order valence-corrected chi connectivity index (χ3v) is 16.5. The van der Waals surface area contributed by atoms with Crippen LogP contribution in [0.25, 0.3) is 0 Å². The second-order valence-electron chi connectivity index (χ2n) is 20.5. The number of methoxy groups -OCH3 is 1. The number of hydrogen-bond acceptors (Lipinski definition) is 6. The first-order chi connectivity index (χ1) is 21.3. The summed E-state index contributed by atoms with van der Waals surface area (Å²) in [5.41, 5.74) is 0.188. The molecular weight excluding hydrogens is 653 g/mol. The Labute approximate surface area is 294 Å². The molecule has 10 heteroatoms. The molecule has 4 fully saturated rings. The van der Waals surface area contributed by atoms with Gasteiger partial charge in [-0.2, -0.15) is 0 Å². The van der Waals surface area contributed by atoms with Crippen LogP contribution in [0.4, 0.5) is 0 Å². The highest BCUT2D eigenvalue weighted by Crippen LogP contribution is 2.70. The SMILES string of the molecule is COC(=O)CCC(C)C1CCC2C3C(O[Si](C)(C)C)[C@H](O[Si](C)(C)C)[C@@H]4C[C@H](O[Si](C)(C)C)CCC4(C)C3CC(O[Si](C)(C)C)C12C. The Morgan fingerprint density at radius 3 is 1.79 bits per heavy atom. The third kappa shape index (κ3) is 8.98. The zero-order valence-corrected chi connectivity index (χ0v) is 37.4. The molecule has 274 valence electrons. The average molecular weight is 727 g/mol. The molecule has 9 unspecified atom stereocenters. The summed E-state index contributed by atoms with van der Waals surface area (Å²) in [6.07, 6.45) is 9.05. The summed E-state index contributed by atoms with van der Waals surface area (Å²) < 4.78 is 34.3. The normalized spacial score (nSPS) is 40.3. The van der Waals surface area contributed by atoms with Gasteiger partial charge in [-0.3, -0.25) is 4.79 Å². The summed E-state index contributed by atoms with van der Waals surface area (Å²) in [5.74, 6) is 2.76. The first-order valence-corrected chi connectivity index (χ1v) is 32.7. The molecule has 4 rings (SSSR count). The van der Waals surface area contributed by atoms with Gasteiger partial charge in [0.15, 0.2) is 33.3 Å². The van der Waals surface area contributed by atoms with Gasteiger partial charge in [-0.1, -0.05) is 20.8 Å². The molecule has 4 saturated carbocycles. The molecule has 12 atom stereocenters. The Kier molecular flexibility index (Phi) is 11.9. The molecule has 47 heavy (non-hydrogen) atoms. The molecule has 0 aromatic heterocycles. The minimum atomic E-state index is -1.93. The van der Waals surface area contributed by atoms with Crippen molar-refractivity contribution in [3.8, 4) is 0 Å². The largest absolute Gasteiger partial charge is 0.469 e. The first-order valence-electron chi connectivity index (χ1n) is 19.1. The Balaban J connectivity index is 1.85. The summed E-state index contributed by atoms with van der Waals surface area (Å²) in [5, 5.41) is 0. The van der Waals surface area contributed by atoms with Crippen LogP contribution in [0.3, 0.4) is 0 Å². The van der Waals surface area contributed by atoms with Crippen LogP contribution in [0.2, 0.25) is 78.6 Å². The minimum absolute atomic E-state index is 0.0308. The van der Waals surface area contributed by atoms with E-state index < -0.39 is 33.3 Å². The Bertz CT molecular complexity index is 1090. The highest BCUT2D eigenvalue weighted by Gasteiger charge is 2.69. The van der Waals surface area contributed by atoms with Gasteiger partial charge in [-0.15, -0.1) is 0 Å². The van der Waals surface area contributed by atoms with Crippen LogP contribution in [0.1, 0.15) is 72.1 Å². The number of rotatable bonds is 12. The van der Waals surface area contributed by atoms with Gasteiger partial charge in [-0.25, -0.2) is 0 Å². The lowest BCUT2D eigenvalue weighted by atomic mass is 9.42. The molecule has 0 bridgehead atoms. The van der Waals surface area contributed by atoms with E-state index in [1.54, 1.807) is 0 Å². The molecule has 0 heterocycles. The lowest BCUT2D eigenvalue weighted by Crippen LogP contribution is -2.70. The minimum Gasteiger partial charge on any atom is -0.469 e. The number of carbonyl (C=O) groups excluding carboxylic acids is 1. The van der Waals surface area contributed by atoms with Gasteiger partial charge >= 0.3 is 5.97 Å². The van der Waals surface area contributed by atoms with E-state index in [2.05, 4.69) is 99.3 Å². The fraction of sp³-hybridized carbons (Fsp3) is 0.973. The fourth-order valence-corrected chi connectivity index (χ4v) is 15.7. The second-order valence-corrected chi connectivity index (χ2v) is 38.4. The van der Waals surface area contributed by atoms with Gasteiger partial charge in [0, 0.05) is 12.5 Å². The Morgan fingerprint density at radius 1 is 0.702 bits per heavy atom. The summed E-state index contributed by atoms with van der Waals surface area (Å²) >= 11 is 0. The molecule has 6 nitrogen and oxygen atoms in total. The topological polar surface area (TPSA) is 63.2 Å². The first kappa shape index (κ1) is 40.0. The Hall–Kier alpha value is 0.178. The standard InChI is InChI=1S/C37H74O6Si4/c1-25(17-20-32(38)39-4)27-18-19-28-33-29(24-31(37(27,28)3)41-45(8,9)10)36(2)22-21-26(40-44(5,6)7)23-30(36)34(42-46(11,12)13)35(33)43-47(14,15)16/h25-31,33-35H,17-24H2,1-16H3/t25?,26-,27?,28?,29?,30+,31?,33?,34-,35?,36?,37?/m1/s1. The van der Waals surface area contributed by atoms with E-state index in [-0.39, 0.29) is 35.1 Å². The van der Waals surface area contributed by atoms with Gasteiger partial charge in [0.05, 0.1) is 25.4 Å². The molecule has 4 aliphatic rings. The number of esters is 1. The highest BCUT2D eigenvalue weighted by molar-refractivity contribution is 6.71. The van der Waals surface area contributed by atoms with Crippen LogP contribution >= 0.6 is 0 Å². The fourth-order valence-electron chi connectivity index (χ4n) is 11.0. The van der Waals surface area contributed by atoms with Crippen LogP contribution in [0, 0.1) is 46.3 Å². The van der Waals surface area contributed by atoms with Crippen LogP contribution in [-0.4, -0.2) is 70.8 Å². The van der Waals surface area contributed by atoms with E-state index in [1.807, 2.05) is 0 Å². The van der Waals surface area contributed by atoms with Gasteiger partial charge in [0.2, 0.25) is 0 Å². The third-order valence-electron chi connectivity index (χ3n) is 12.5. The monoisotopic (exact) mass is 726 g/mol. The lowest BCUT2D eigenvalue weighted by molar-refractivity contribution is -0.232. The number of hydrogen-bond donors (Lipinski definition) is 0. The van der Waals surface area contributed by atoms with Gasteiger partial charge in [0.1, 0.15) is 0 Å². The van der Waals surface area contributed by atoms with Crippen molar-refractivity contribution >= 4 is 39.2 Å². The zero-order chi connectivity index (χ0) is 35.5. The quantitative estimate of drug-likeness (QED) is 0.147. The molecule has 0 saturated heterocycles. The summed E-state index contributed by atoms with van der Waals surface area (Å²) in [6, 6.07) is 0. The molecule has 0 N–H and O–H groups in total. The van der Waals surface area contributed by atoms with Crippen molar-refractivity contribution in [1.82, 2.24) is 0 Å². The van der Waals surface area contributed by atoms with Crippen LogP contribution in [0.15, 0.2) is 0 Å². The van der Waals surface area contributed by atoms with E-state index in [0.717, 1.165) is 25.7 Å². The molecular formula is C37H74O6Si4. The maximum absolute atomic E-state index is 12.3. The molecule has 0 aromatic rings. The van der Waals surface area contributed by atoms with E-state index in [9.17, 15) is 4.79 Å². The number of fused-ring (bicyclic) bond motifs is 5. The summed E-state index contributed by atoms with van der Waals surface area (Å²) in [6.45, 7) is 36.0. The lowest BCUT2D eigenvalue weighted by Gasteiger charge is -2.68. The summed E-state index contributed by atoms with van der Waals surface area (Å²) in [7, 11) is -5.87. The van der Waals surface area contributed by atoms with Crippen molar-refractivity contribution in [2.75, 3.05) is 7.11 Å². The average Bonchev–Trinajstić information content (AvgIpc) is 3.25. The molecule has 0 spiro atoms. The molecule has 0 aliphatic heterocycles. The number of ether oxygens (including phenoxy) is 1. The van der Waals surface area contributed by atoms with Gasteiger partial charge in [-0.05, 0) is 170 Å². The van der Waals surface area contributed by atoms with Gasteiger partial charge in [0.25, 0.3) is 0 Å². The van der Waals surface area contributed by atoms with Crippen molar-refractivity contribution in [3.63, 3.8) is 0 Å². The van der Waals surface area contributed by atoms with Gasteiger partial charge < -0.3 is 22.4 Å². The molecule has 0 radical (unpaired) electrons. The summed E-state index contributed by atoms with van der Waals surface area (Å²) in [4.78, 5) is 12.3. The van der Waals surface area contributed by atoms with E-state index in [4.69, 9.17) is 22.4 Å². The molecule has 0 amide bonds. The zero-order valence-electron chi connectivity index (χ0n) is 33.4. The second kappa shape index (κ2) is 14.0. The van der Waals surface area contributed by atoms with Crippen LogP contribution < -0.4 is 0 Å². The molecule has 4 aliphatic carbocycles. The van der Waals surface area contributed by atoms with Crippen LogP contribution in [0.5, 0.6) is 0 Å². The van der Waals surface area contributed by atoms with Crippen molar-refractivity contribution in [2.24, 2.45) is 46.3 Å². The predicted molar refractivity (Wildman–Crippen MR) is 205 cm³/mol. The maximum atomic E-state index is 12.3. The predicted octanol–water partition coefficient (Wildman–Crippen LogP) is 9.94. The van der Waals surface area contributed by atoms with Crippen molar-refractivity contribution in [2.45, 2.75) is 175 Å². The molecule has 0 aromatic carbocycles. The van der Waals surface area contributed by atoms with Crippen molar-refractivity contribution < 1.29 is 27.2 Å². The Morgan fingerprint density at radius 2 is 1.26 bits per heavy atom. The van der Waals surface area contributed by atoms with Crippen LogP contribution in [-0.2, 0) is 27.2 Å². The smallest absolute Gasteiger partial charge is 0.305 e. The number of carbonyl (C=O) groups is 1. The van der Waals surface area contributed by atoms with Crippen molar-refractivity contribution in [1.29, 1.82) is 0 Å². The maximum Gasteiger partial charge on any atom is 0.305 e. The van der Waals surface area contributed by atoms with E-state index >= 15 is 0 Å². The van der Waals surface area contributed by atoms with E-state index in [1.165, 1.54) is 26.4 Å². The van der Waals surface area contributed by atoms with E-state index in [0.29, 0.717) is 48.0 Å². The van der Waals surface area contributed by atoms with Crippen molar-refractivity contribution in [3.05, 3.63) is 0 Å².